The first-order valence-electron chi connectivity index (χ1n) is 7.74. The lowest BCUT2D eigenvalue weighted by molar-refractivity contribution is 0.242. The summed E-state index contributed by atoms with van der Waals surface area (Å²) in [5, 5.41) is 1.20. The zero-order valence-corrected chi connectivity index (χ0v) is 14.9. The fourth-order valence-corrected chi connectivity index (χ4v) is 4.61. The number of fused-ring (bicyclic) bond motifs is 2. The van der Waals surface area contributed by atoms with Crippen LogP contribution >= 0.6 is 11.3 Å². The lowest BCUT2D eigenvalue weighted by Gasteiger charge is -2.27. The second-order valence-electron chi connectivity index (χ2n) is 6.11. The third-order valence-electron chi connectivity index (χ3n) is 4.19. The van der Waals surface area contributed by atoms with Crippen molar-refractivity contribution < 1.29 is 8.42 Å². The molecule has 3 aromatic rings. The molecule has 0 saturated heterocycles. The van der Waals surface area contributed by atoms with E-state index in [1.807, 2.05) is 11.3 Å². The van der Waals surface area contributed by atoms with Gasteiger partial charge in [0.1, 0.15) is 0 Å². The molecule has 0 N–H and O–H groups in total. The van der Waals surface area contributed by atoms with E-state index in [1.165, 1.54) is 15.0 Å². The molecule has 0 unspecified atom stereocenters. The molecule has 0 radical (unpaired) electrons. The molecule has 0 atom stereocenters. The van der Waals surface area contributed by atoms with Gasteiger partial charge in [-0.2, -0.15) is 0 Å². The number of nitrogens with zero attached hydrogens (tertiary/aromatic N) is 3. The average molecular weight is 359 g/mol. The Labute approximate surface area is 144 Å². The van der Waals surface area contributed by atoms with Crippen molar-refractivity contribution in [2.75, 3.05) is 12.8 Å². The van der Waals surface area contributed by atoms with Gasteiger partial charge >= 0.3 is 0 Å². The summed E-state index contributed by atoms with van der Waals surface area (Å²) in [5.41, 5.74) is 1.88. The number of hydrogen-bond acceptors (Lipinski definition) is 6. The number of hydrogen-bond donors (Lipinski definition) is 0. The molecular formula is C17H17N3O2S2. The standard InChI is InChI=1S/C17H17N3O2S2/c1-24(21,22)17-18-9-13-6-7-20(11-15(13)19-17)10-14-8-12-4-2-3-5-16(12)23-14/h2-5,8-9H,6-7,10-11H2,1H3. The normalized spacial score (nSPS) is 15.5. The van der Waals surface area contributed by atoms with Crippen LogP contribution in [0.1, 0.15) is 16.1 Å². The van der Waals surface area contributed by atoms with Crippen LogP contribution in [0.25, 0.3) is 10.1 Å². The highest BCUT2D eigenvalue weighted by molar-refractivity contribution is 7.90. The van der Waals surface area contributed by atoms with Crippen LogP contribution in [0.5, 0.6) is 0 Å². The molecule has 0 amide bonds. The summed E-state index contributed by atoms with van der Waals surface area (Å²) in [5.74, 6) is 0. The Morgan fingerprint density at radius 3 is 2.92 bits per heavy atom. The molecule has 4 rings (SSSR count). The van der Waals surface area contributed by atoms with Gasteiger partial charge in [0.15, 0.2) is 0 Å². The van der Waals surface area contributed by atoms with Gasteiger partial charge in [0, 0.05) is 41.7 Å². The van der Waals surface area contributed by atoms with Gasteiger partial charge in [0.25, 0.3) is 0 Å². The molecule has 1 aromatic carbocycles. The maximum Gasteiger partial charge on any atom is 0.247 e. The summed E-state index contributed by atoms with van der Waals surface area (Å²) in [4.78, 5) is 11.9. The van der Waals surface area contributed by atoms with E-state index in [4.69, 9.17) is 0 Å². The number of rotatable bonds is 3. The van der Waals surface area contributed by atoms with E-state index in [2.05, 4.69) is 45.2 Å². The number of aromatic nitrogens is 2. The van der Waals surface area contributed by atoms with Gasteiger partial charge in [-0.3, -0.25) is 4.90 Å². The SMILES string of the molecule is CS(=O)(=O)c1ncc2c(n1)CN(Cc1cc3ccccc3s1)CC2. The maximum atomic E-state index is 11.7. The lowest BCUT2D eigenvalue weighted by atomic mass is 10.1. The highest BCUT2D eigenvalue weighted by Crippen LogP contribution is 2.28. The minimum Gasteiger partial charge on any atom is -0.292 e. The zero-order chi connectivity index (χ0) is 16.7. The van der Waals surface area contributed by atoms with Gasteiger partial charge in [0.2, 0.25) is 15.0 Å². The highest BCUT2D eigenvalue weighted by Gasteiger charge is 2.21. The fraction of sp³-hybridized carbons (Fsp3) is 0.294. The van der Waals surface area contributed by atoms with E-state index in [-0.39, 0.29) is 5.16 Å². The highest BCUT2D eigenvalue weighted by atomic mass is 32.2. The first-order valence-corrected chi connectivity index (χ1v) is 10.4. The van der Waals surface area contributed by atoms with E-state index in [9.17, 15) is 8.42 Å². The van der Waals surface area contributed by atoms with Crippen LogP contribution in [0.4, 0.5) is 0 Å². The second-order valence-corrected chi connectivity index (χ2v) is 9.19. The van der Waals surface area contributed by atoms with Crippen molar-refractivity contribution in [1.82, 2.24) is 14.9 Å². The van der Waals surface area contributed by atoms with Crippen molar-refractivity contribution >= 4 is 31.3 Å². The molecule has 7 heteroatoms. The Balaban J connectivity index is 1.57. The van der Waals surface area contributed by atoms with Crippen LogP contribution in [0.2, 0.25) is 0 Å². The van der Waals surface area contributed by atoms with Crippen LogP contribution in [-0.4, -0.2) is 36.1 Å². The number of benzene rings is 1. The molecule has 0 fully saturated rings. The number of thiophene rings is 1. The number of sulfone groups is 1. The van der Waals surface area contributed by atoms with E-state index < -0.39 is 9.84 Å². The summed E-state index contributed by atoms with van der Waals surface area (Å²) in [6, 6.07) is 10.6. The van der Waals surface area contributed by atoms with Gasteiger partial charge in [-0.05, 0) is 29.5 Å². The van der Waals surface area contributed by atoms with E-state index in [1.54, 1.807) is 6.20 Å². The van der Waals surface area contributed by atoms with Crippen LogP contribution < -0.4 is 0 Å². The van der Waals surface area contributed by atoms with Gasteiger partial charge in [-0.25, -0.2) is 18.4 Å². The average Bonchev–Trinajstić information content (AvgIpc) is 2.95. The molecule has 0 aliphatic carbocycles. The molecule has 0 saturated carbocycles. The minimum atomic E-state index is -3.37. The minimum absolute atomic E-state index is 0.0787. The smallest absolute Gasteiger partial charge is 0.247 e. The molecule has 24 heavy (non-hydrogen) atoms. The molecule has 0 bridgehead atoms. The zero-order valence-electron chi connectivity index (χ0n) is 13.3. The Bertz CT molecular complexity index is 979. The lowest BCUT2D eigenvalue weighted by Crippen LogP contribution is -2.31. The summed E-state index contributed by atoms with van der Waals surface area (Å²) >= 11 is 1.81. The van der Waals surface area contributed by atoms with Crippen LogP contribution in [0.15, 0.2) is 41.7 Å². The molecule has 2 aromatic heterocycles. The first kappa shape index (κ1) is 15.7. The van der Waals surface area contributed by atoms with E-state index in [0.717, 1.165) is 37.0 Å². The second kappa shape index (κ2) is 5.91. The van der Waals surface area contributed by atoms with Crippen LogP contribution in [0.3, 0.4) is 0 Å². The Morgan fingerprint density at radius 1 is 1.29 bits per heavy atom. The Morgan fingerprint density at radius 2 is 2.12 bits per heavy atom. The third-order valence-corrected chi connectivity index (χ3v) is 6.15. The van der Waals surface area contributed by atoms with Crippen molar-refractivity contribution in [2.24, 2.45) is 0 Å². The Kier molecular flexibility index (Phi) is 3.86. The summed E-state index contributed by atoms with van der Waals surface area (Å²) in [7, 11) is -3.37. The van der Waals surface area contributed by atoms with E-state index >= 15 is 0 Å². The predicted octanol–water partition coefficient (Wildman–Crippen LogP) is 2.65. The van der Waals surface area contributed by atoms with Gasteiger partial charge < -0.3 is 0 Å². The third kappa shape index (κ3) is 3.07. The maximum absolute atomic E-state index is 11.7. The molecule has 0 spiro atoms. The first-order chi connectivity index (χ1) is 11.5. The largest absolute Gasteiger partial charge is 0.292 e. The monoisotopic (exact) mass is 359 g/mol. The molecule has 1 aliphatic rings. The van der Waals surface area contributed by atoms with Crippen molar-refractivity contribution in [3.05, 3.63) is 52.7 Å². The Hall–Kier alpha value is -1.83. The molecule has 124 valence electrons. The predicted molar refractivity (Wildman–Crippen MR) is 94.8 cm³/mol. The van der Waals surface area contributed by atoms with Crippen molar-refractivity contribution in [3.63, 3.8) is 0 Å². The van der Waals surface area contributed by atoms with Crippen molar-refractivity contribution in [1.29, 1.82) is 0 Å². The van der Waals surface area contributed by atoms with Crippen LogP contribution in [-0.2, 0) is 29.3 Å². The summed E-state index contributed by atoms with van der Waals surface area (Å²) in [6.45, 7) is 2.45. The topological polar surface area (TPSA) is 63.2 Å². The van der Waals surface area contributed by atoms with Crippen molar-refractivity contribution in [2.45, 2.75) is 24.7 Å². The van der Waals surface area contributed by atoms with Gasteiger partial charge in [-0.1, -0.05) is 18.2 Å². The van der Waals surface area contributed by atoms with Gasteiger partial charge in [0.05, 0.1) is 5.69 Å². The molecule has 1 aliphatic heterocycles. The molecule has 5 nitrogen and oxygen atoms in total. The quantitative estimate of drug-likeness (QED) is 0.673. The summed E-state index contributed by atoms with van der Waals surface area (Å²) in [6.07, 6.45) is 3.66. The van der Waals surface area contributed by atoms with E-state index in [0.29, 0.717) is 6.54 Å². The molecular weight excluding hydrogens is 342 g/mol. The van der Waals surface area contributed by atoms with Crippen molar-refractivity contribution in [3.8, 4) is 0 Å². The fourth-order valence-electron chi connectivity index (χ4n) is 2.99. The van der Waals surface area contributed by atoms with Crippen LogP contribution in [0, 0.1) is 0 Å². The summed E-state index contributed by atoms with van der Waals surface area (Å²) < 4.78 is 24.6. The molecule has 3 heterocycles. The van der Waals surface area contributed by atoms with Gasteiger partial charge in [-0.15, -0.1) is 11.3 Å².